The van der Waals surface area contributed by atoms with Crippen molar-refractivity contribution in [2.24, 2.45) is 0 Å². The SMILES string of the molecule is COc1cc2c(cc1OC)C(c1cccc([N+](=O)[O-])c1)N(C(=O)COc1ccccc1)CC2. The summed E-state index contributed by atoms with van der Waals surface area (Å²) in [5.74, 6) is 1.51. The molecule has 1 amide bonds. The van der Waals surface area contributed by atoms with Crippen LogP contribution >= 0.6 is 0 Å². The number of carbonyl (C=O) groups is 1. The number of nitrogens with zero attached hydrogens (tertiary/aromatic N) is 2. The summed E-state index contributed by atoms with van der Waals surface area (Å²) in [6, 6.07) is 18.7. The van der Waals surface area contributed by atoms with Gasteiger partial charge in [-0.05, 0) is 47.4 Å². The molecule has 3 aromatic carbocycles. The van der Waals surface area contributed by atoms with Crippen molar-refractivity contribution in [1.29, 1.82) is 0 Å². The molecule has 0 bridgehead atoms. The molecule has 1 heterocycles. The van der Waals surface area contributed by atoms with Crippen LogP contribution in [0, 0.1) is 10.1 Å². The molecule has 0 spiro atoms. The molecule has 0 aromatic heterocycles. The summed E-state index contributed by atoms with van der Waals surface area (Å²) >= 11 is 0. The monoisotopic (exact) mass is 448 g/mol. The Kier molecular flexibility index (Phi) is 6.44. The maximum atomic E-state index is 13.3. The van der Waals surface area contributed by atoms with E-state index < -0.39 is 11.0 Å². The first kappa shape index (κ1) is 22.1. The molecule has 1 atom stereocenters. The highest BCUT2D eigenvalue weighted by Crippen LogP contribution is 2.41. The number of nitro groups is 1. The van der Waals surface area contributed by atoms with Crippen LogP contribution < -0.4 is 14.2 Å². The zero-order valence-corrected chi connectivity index (χ0v) is 18.4. The number of fused-ring (bicyclic) bond motifs is 1. The lowest BCUT2D eigenvalue weighted by atomic mass is 9.87. The van der Waals surface area contributed by atoms with Crippen molar-refractivity contribution in [3.05, 3.63) is 93.5 Å². The Morgan fingerprint density at radius 1 is 1.03 bits per heavy atom. The molecular weight excluding hydrogens is 424 g/mol. The van der Waals surface area contributed by atoms with E-state index in [4.69, 9.17) is 14.2 Å². The van der Waals surface area contributed by atoms with E-state index in [0.29, 0.717) is 35.8 Å². The predicted octanol–water partition coefficient (Wildman–Crippen LogP) is 4.17. The van der Waals surface area contributed by atoms with E-state index in [-0.39, 0.29) is 18.2 Å². The molecule has 4 rings (SSSR count). The molecule has 1 aliphatic rings. The zero-order chi connectivity index (χ0) is 23.4. The topological polar surface area (TPSA) is 91.1 Å². The quantitative estimate of drug-likeness (QED) is 0.398. The van der Waals surface area contributed by atoms with E-state index in [1.54, 1.807) is 43.4 Å². The number of para-hydroxylation sites is 1. The maximum Gasteiger partial charge on any atom is 0.269 e. The van der Waals surface area contributed by atoms with Gasteiger partial charge in [-0.15, -0.1) is 0 Å². The lowest BCUT2D eigenvalue weighted by Crippen LogP contribution is -2.43. The van der Waals surface area contributed by atoms with E-state index in [1.807, 2.05) is 30.3 Å². The van der Waals surface area contributed by atoms with E-state index in [0.717, 1.165) is 11.1 Å². The minimum atomic E-state index is -0.527. The van der Waals surface area contributed by atoms with Gasteiger partial charge in [0.1, 0.15) is 5.75 Å². The van der Waals surface area contributed by atoms with Gasteiger partial charge in [-0.3, -0.25) is 14.9 Å². The largest absolute Gasteiger partial charge is 0.493 e. The first-order valence-corrected chi connectivity index (χ1v) is 10.5. The smallest absolute Gasteiger partial charge is 0.269 e. The van der Waals surface area contributed by atoms with E-state index in [9.17, 15) is 14.9 Å². The first-order valence-electron chi connectivity index (χ1n) is 10.5. The lowest BCUT2D eigenvalue weighted by molar-refractivity contribution is -0.384. The fourth-order valence-corrected chi connectivity index (χ4v) is 4.13. The number of carbonyl (C=O) groups excluding carboxylic acids is 1. The fraction of sp³-hybridized carbons (Fsp3) is 0.240. The summed E-state index contributed by atoms with van der Waals surface area (Å²) in [4.78, 5) is 25.9. The second kappa shape index (κ2) is 9.60. The molecule has 0 saturated carbocycles. The van der Waals surface area contributed by atoms with Crippen LogP contribution in [0.25, 0.3) is 0 Å². The molecule has 0 saturated heterocycles. The summed E-state index contributed by atoms with van der Waals surface area (Å²) in [6.45, 7) is 0.297. The van der Waals surface area contributed by atoms with Crippen molar-refractivity contribution in [3.63, 3.8) is 0 Å². The average molecular weight is 448 g/mol. The van der Waals surface area contributed by atoms with Gasteiger partial charge in [-0.1, -0.05) is 30.3 Å². The van der Waals surface area contributed by atoms with Crippen LogP contribution in [0.15, 0.2) is 66.7 Å². The van der Waals surface area contributed by atoms with Crippen molar-refractivity contribution < 1.29 is 23.9 Å². The average Bonchev–Trinajstić information content (AvgIpc) is 2.86. The van der Waals surface area contributed by atoms with Gasteiger partial charge in [0.05, 0.1) is 25.2 Å². The normalized spacial score (nSPS) is 14.8. The Balaban J connectivity index is 1.74. The van der Waals surface area contributed by atoms with Gasteiger partial charge >= 0.3 is 0 Å². The highest BCUT2D eigenvalue weighted by Gasteiger charge is 2.34. The summed E-state index contributed by atoms with van der Waals surface area (Å²) in [7, 11) is 3.12. The Morgan fingerprint density at radius 3 is 2.45 bits per heavy atom. The Labute approximate surface area is 191 Å². The Hall–Kier alpha value is -4.07. The van der Waals surface area contributed by atoms with Gasteiger partial charge in [0.25, 0.3) is 11.6 Å². The van der Waals surface area contributed by atoms with Crippen LogP contribution in [0.1, 0.15) is 22.7 Å². The molecule has 1 aliphatic heterocycles. The van der Waals surface area contributed by atoms with Crippen LogP contribution in [0.4, 0.5) is 5.69 Å². The third kappa shape index (κ3) is 4.59. The summed E-state index contributed by atoms with van der Waals surface area (Å²) < 4.78 is 16.6. The molecule has 1 unspecified atom stereocenters. The standard InChI is InChI=1S/C25H24N2O6/c1-31-22-14-17-11-12-26(24(28)16-33-20-9-4-3-5-10-20)25(21(17)15-23(22)32-2)18-7-6-8-19(13-18)27(29)30/h3-10,13-15,25H,11-12,16H2,1-2H3. The fourth-order valence-electron chi connectivity index (χ4n) is 4.13. The number of benzene rings is 3. The van der Waals surface area contributed by atoms with Crippen LogP contribution in [-0.4, -0.2) is 43.1 Å². The summed E-state index contributed by atoms with van der Waals surface area (Å²) in [5, 5.41) is 11.4. The van der Waals surface area contributed by atoms with Gasteiger partial charge in [0, 0.05) is 18.7 Å². The highest BCUT2D eigenvalue weighted by molar-refractivity contribution is 5.79. The van der Waals surface area contributed by atoms with Crippen LogP contribution in [0.3, 0.4) is 0 Å². The number of nitro benzene ring substituents is 1. The van der Waals surface area contributed by atoms with Crippen molar-refractivity contribution in [3.8, 4) is 17.2 Å². The van der Waals surface area contributed by atoms with Gasteiger partial charge in [-0.25, -0.2) is 0 Å². The molecule has 8 nitrogen and oxygen atoms in total. The van der Waals surface area contributed by atoms with E-state index >= 15 is 0 Å². The predicted molar refractivity (Wildman–Crippen MR) is 122 cm³/mol. The lowest BCUT2D eigenvalue weighted by Gasteiger charge is -2.38. The summed E-state index contributed by atoms with van der Waals surface area (Å²) in [5.41, 5.74) is 2.45. The second-order valence-electron chi connectivity index (χ2n) is 7.60. The zero-order valence-electron chi connectivity index (χ0n) is 18.4. The van der Waals surface area contributed by atoms with Gasteiger partial charge in [0.15, 0.2) is 18.1 Å². The number of rotatable bonds is 7. The second-order valence-corrected chi connectivity index (χ2v) is 7.60. The maximum absolute atomic E-state index is 13.3. The third-order valence-electron chi connectivity index (χ3n) is 5.70. The highest BCUT2D eigenvalue weighted by atomic mass is 16.6. The minimum absolute atomic E-state index is 0.0342. The molecule has 0 radical (unpaired) electrons. The van der Waals surface area contributed by atoms with Crippen molar-refractivity contribution in [1.82, 2.24) is 4.90 Å². The Morgan fingerprint density at radius 2 is 1.76 bits per heavy atom. The molecule has 0 fully saturated rings. The molecule has 8 heteroatoms. The summed E-state index contributed by atoms with van der Waals surface area (Å²) in [6.07, 6.45) is 0.609. The number of hydrogen-bond acceptors (Lipinski definition) is 6. The van der Waals surface area contributed by atoms with E-state index in [1.165, 1.54) is 12.1 Å². The van der Waals surface area contributed by atoms with Crippen molar-refractivity contribution in [2.45, 2.75) is 12.5 Å². The van der Waals surface area contributed by atoms with E-state index in [2.05, 4.69) is 0 Å². The molecule has 33 heavy (non-hydrogen) atoms. The molecule has 0 aliphatic carbocycles. The van der Waals surface area contributed by atoms with Gasteiger partial charge in [-0.2, -0.15) is 0 Å². The van der Waals surface area contributed by atoms with Crippen LogP contribution in [-0.2, 0) is 11.2 Å². The van der Waals surface area contributed by atoms with Crippen molar-refractivity contribution in [2.75, 3.05) is 27.4 Å². The Bertz CT molecular complexity index is 1160. The van der Waals surface area contributed by atoms with Gasteiger partial charge < -0.3 is 19.1 Å². The number of hydrogen-bond donors (Lipinski definition) is 0. The number of non-ortho nitro benzene ring substituents is 1. The number of amides is 1. The van der Waals surface area contributed by atoms with Crippen LogP contribution in [0.5, 0.6) is 17.2 Å². The van der Waals surface area contributed by atoms with Gasteiger partial charge in [0.2, 0.25) is 0 Å². The van der Waals surface area contributed by atoms with Crippen LogP contribution in [0.2, 0.25) is 0 Å². The molecule has 3 aromatic rings. The first-order chi connectivity index (χ1) is 16.0. The number of ether oxygens (including phenoxy) is 3. The third-order valence-corrected chi connectivity index (χ3v) is 5.70. The van der Waals surface area contributed by atoms with Crippen molar-refractivity contribution >= 4 is 11.6 Å². The molecule has 0 N–H and O–H groups in total. The number of methoxy groups -OCH3 is 2. The molecule has 170 valence electrons. The molecular formula is C25H24N2O6. The minimum Gasteiger partial charge on any atom is -0.493 e.